The fraction of sp³-hybridized carbons (Fsp3) is 0.533. The monoisotopic (exact) mass is 279 g/mol. The van der Waals surface area contributed by atoms with Gasteiger partial charge in [-0.15, -0.1) is 0 Å². The predicted molar refractivity (Wildman–Crippen MR) is 74.1 cm³/mol. The van der Waals surface area contributed by atoms with Gasteiger partial charge in [0.1, 0.15) is 0 Å². The third kappa shape index (κ3) is 3.79. The number of hydrogen-bond acceptors (Lipinski definition) is 5. The molecule has 0 saturated carbocycles. The number of carbonyl (C=O) groups excluding carboxylic acids is 2. The zero-order valence-electron chi connectivity index (χ0n) is 12.4. The van der Waals surface area contributed by atoms with Crippen LogP contribution in [0, 0.1) is 12.3 Å². The van der Waals surface area contributed by atoms with Crippen molar-refractivity contribution in [2.75, 3.05) is 13.2 Å². The van der Waals surface area contributed by atoms with Crippen LogP contribution in [0.1, 0.15) is 31.9 Å². The van der Waals surface area contributed by atoms with Crippen molar-refractivity contribution in [3.63, 3.8) is 0 Å². The average molecular weight is 279 g/mol. The van der Waals surface area contributed by atoms with Crippen molar-refractivity contribution in [2.24, 2.45) is 5.41 Å². The van der Waals surface area contributed by atoms with Crippen molar-refractivity contribution < 1.29 is 19.1 Å². The van der Waals surface area contributed by atoms with Gasteiger partial charge in [0, 0.05) is 18.8 Å². The molecule has 1 aromatic heterocycles. The van der Waals surface area contributed by atoms with Crippen LogP contribution in [0.4, 0.5) is 0 Å². The Bertz CT molecular complexity index is 467. The van der Waals surface area contributed by atoms with Crippen LogP contribution < -0.4 is 0 Å². The van der Waals surface area contributed by atoms with Gasteiger partial charge in [-0.1, -0.05) is 6.07 Å². The first kappa shape index (κ1) is 16.1. The lowest BCUT2D eigenvalue weighted by Crippen LogP contribution is -2.41. The Labute approximate surface area is 119 Å². The number of aromatic nitrogens is 1. The van der Waals surface area contributed by atoms with E-state index in [1.165, 1.54) is 0 Å². The van der Waals surface area contributed by atoms with E-state index in [1.807, 2.05) is 13.0 Å². The molecule has 1 heterocycles. The molecular formula is C15H21NO4. The van der Waals surface area contributed by atoms with Crippen LogP contribution >= 0.6 is 0 Å². The largest absolute Gasteiger partial charge is 0.465 e. The second kappa shape index (κ2) is 7.03. The highest BCUT2D eigenvalue weighted by atomic mass is 16.6. The summed E-state index contributed by atoms with van der Waals surface area (Å²) in [6.07, 6.45) is 3.57. The lowest BCUT2D eigenvalue weighted by molar-refractivity contribution is -0.170. The van der Waals surface area contributed by atoms with E-state index in [9.17, 15) is 9.59 Å². The van der Waals surface area contributed by atoms with Crippen LogP contribution in [0.3, 0.4) is 0 Å². The fourth-order valence-corrected chi connectivity index (χ4v) is 1.93. The fourth-order valence-electron chi connectivity index (χ4n) is 1.93. The van der Waals surface area contributed by atoms with Crippen LogP contribution in [0.5, 0.6) is 0 Å². The number of pyridine rings is 1. The van der Waals surface area contributed by atoms with E-state index in [2.05, 4.69) is 4.98 Å². The summed E-state index contributed by atoms with van der Waals surface area (Å²) in [5, 5.41) is 0. The zero-order chi connectivity index (χ0) is 15.2. The van der Waals surface area contributed by atoms with E-state index in [-0.39, 0.29) is 19.6 Å². The second-order valence-corrected chi connectivity index (χ2v) is 4.82. The van der Waals surface area contributed by atoms with Crippen molar-refractivity contribution in [2.45, 2.75) is 34.1 Å². The maximum atomic E-state index is 12.1. The number of hydrogen-bond donors (Lipinski definition) is 0. The lowest BCUT2D eigenvalue weighted by atomic mass is 9.84. The maximum absolute atomic E-state index is 12.1. The summed E-state index contributed by atoms with van der Waals surface area (Å²) in [5.41, 5.74) is 0.424. The van der Waals surface area contributed by atoms with Crippen molar-refractivity contribution in [1.29, 1.82) is 0 Å². The van der Waals surface area contributed by atoms with Crippen molar-refractivity contribution in [3.05, 3.63) is 29.6 Å². The highest BCUT2D eigenvalue weighted by molar-refractivity contribution is 5.99. The number of aryl methyl sites for hydroxylation is 1. The van der Waals surface area contributed by atoms with Crippen molar-refractivity contribution in [3.8, 4) is 0 Å². The normalized spacial score (nSPS) is 11.0. The number of nitrogens with zero attached hydrogens (tertiary/aromatic N) is 1. The summed E-state index contributed by atoms with van der Waals surface area (Å²) in [5.74, 6) is -1.14. The number of carbonyl (C=O) groups is 2. The van der Waals surface area contributed by atoms with Gasteiger partial charge >= 0.3 is 11.9 Å². The molecule has 5 heteroatoms. The molecule has 0 radical (unpaired) electrons. The molecular weight excluding hydrogens is 258 g/mol. The molecule has 0 aromatic carbocycles. The molecule has 0 aliphatic heterocycles. The quantitative estimate of drug-likeness (QED) is 0.589. The van der Waals surface area contributed by atoms with Gasteiger partial charge in [-0.2, -0.15) is 0 Å². The Hall–Kier alpha value is -1.91. The smallest absolute Gasteiger partial charge is 0.323 e. The average Bonchev–Trinajstić information content (AvgIpc) is 2.39. The molecule has 0 fully saturated rings. The van der Waals surface area contributed by atoms with E-state index in [4.69, 9.17) is 9.47 Å². The Morgan fingerprint density at radius 1 is 1.15 bits per heavy atom. The van der Waals surface area contributed by atoms with Gasteiger partial charge in [-0.25, -0.2) is 0 Å². The summed E-state index contributed by atoms with van der Waals surface area (Å²) in [6, 6.07) is 1.89. The van der Waals surface area contributed by atoms with Crippen LogP contribution in [-0.2, 0) is 25.5 Å². The lowest BCUT2D eigenvalue weighted by Gasteiger charge is -2.25. The third-order valence-corrected chi connectivity index (χ3v) is 2.94. The second-order valence-electron chi connectivity index (χ2n) is 4.82. The highest BCUT2D eigenvalue weighted by Gasteiger charge is 2.44. The summed E-state index contributed by atoms with van der Waals surface area (Å²) in [7, 11) is 0. The van der Waals surface area contributed by atoms with E-state index in [0.717, 1.165) is 11.1 Å². The summed E-state index contributed by atoms with van der Waals surface area (Å²) in [6.45, 7) is 7.31. The third-order valence-electron chi connectivity index (χ3n) is 2.94. The number of rotatable bonds is 6. The van der Waals surface area contributed by atoms with Gasteiger partial charge in [0.25, 0.3) is 0 Å². The standard InChI is InChI=1S/C15H21NO4/c1-5-19-13(17)15(4,14(18)20-6-2)8-12-7-11(3)9-16-10-12/h7,9-10H,5-6,8H2,1-4H3. The van der Waals surface area contributed by atoms with Gasteiger partial charge in [-0.3, -0.25) is 14.6 Å². The summed E-state index contributed by atoms with van der Waals surface area (Å²) >= 11 is 0. The summed E-state index contributed by atoms with van der Waals surface area (Å²) in [4.78, 5) is 28.3. The molecule has 0 saturated heterocycles. The molecule has 0 bridgehead atoms. The van der Waals surface area contributed by atoms with E-state index < -0.39 is 17.4 Å². The molecule has 0 aliphatic rings. The molecule has 1 aromatic rings. The van der Waals surface area contributed by atoms with Gasteiger partial charge < -0.3 is 9.47 Å². The molecule has 0 amide bonds. The maximum Gasteiger partial charge on any atom is 0.323 e. The van der Waals surface area contributed by atoms with Gasteiger partial charge in [0.2, 0.25) is 0 Å². The Balaban J connectivity index is 3.04. The zero-order valence-corrected chi connectivity index (χ0v) is 12.4. The van der Waals surface area contributed by atoms with Crippen LogP contribution in [-0.4, -0.2) is 30.1 Å². The molecule has 5 nitrogen and oxygen atoms in total. The van der Waals surface area contributed by atoms with Crippen molar-refractivity contribution in [1.82, 2.24) is 4.98 Å². The molecule has 20 heavy (non-hydrogen) atoms. The van der Waals surface area contributed by atoms with Crippen LogP contribution in [0.15, 0.2) is 18.5 Å². The Morgan fingerprint density at radius 3 is 2.15 bits per heavy atom. The predicted octanol–water partition coefficient (Wildman–Crippen LogP) is 2.07. The molecule has 0 spiro atoms. The minimum absolute atomic E-state index is 0.208. The first-order chi connectivity index (χ1) is 9.43. The van der Waals surface area contributed by atoms with Gasteiger partial charge in [-0.05, 0) is 38.8 Å². The molecule has 0 atom stereocenters. The molecule has 0 aliphatic carbocycles. The highest BCUT2D eigenvalue weighted by Crippen LogP contribution is 2.26. The minimum Gasteiger partial charge on any atom is -0.465 e. The van der Waals surface area contributed by atoms with Gasteiger partial charge in [0.15, 0.2) is 5.41 Å². The number of esters is 2. The Morgan fingerprint density at radius 2 is 1.70 bits per heavy atom. The first-order valence-electron chi connectivity index (χ1n) is 6.69. The SMILES string of the molecule is CCOC(=O)C(C)(Cc1cncc(C)c1)C(=O)OCC. The van der Waals surface area contributed by atoms with E-state index >= 15 is 0 Å². The number of ether oxygens (including phenoxy) is 2. The molecule has 0 unspecified atom stereocenters. The molecule has 110 valence electrons. The van der Waals surface area contributed by atoms with E-state index in [1.54, 1.807) is 33.2 Å². The molecule has 0 N–H and O–H groups in total. The topological polar surface area (TPSA) is 65.5 Å². The minimum atomic E-state index is -1.35. The first-order valence-corrected chi connectivity index (χ1v) is 6.69. The van der Waals surface area contributed by atoms with Crippen LogP contribution in [0.25, 0.3) is 0 Å². The van der Waals surface area contributed by atoms with Crippen molar-refractivity contribution >= 4 is 11.9 Å². The van der Waals surface area contributed by atoms with Gasteiger partial charge in [0.05, 0.1) is 13.2 Å². The van der Waals surface area contributed by atoms with Crippen LogP contribution in [0.2, 0.25) is 0 Å². The Kier molecular flexibility index (Phi) is 5.67. The summed E-state index contributed by atoms with van der Waals surface area (Å²) < 4.78 is 10.0. The van der Waals surface area contributed by atoms with E-state index in [0.29, 0.717) is 0 Å². The molecule has 1 rings (SSSR count).